The van der Waals surface area contributed by atoms with E-state index >= 15 is 0 Å². The number of carbonyl (C=O) groups is 1. The normalized spacial score (nSPS) is 12.1. The average molecular weight is 207 g/mol. The molecule has 82 valence electrons. The molecule has 0 saturated heterocycles. The minimum absolute atomic E-state index is 0.0567. The van der Waals surface area contributed by atoms with Gasteiger partial charge >= 0.3 is 0 Å². The van der Waals surface area contributed by atoms with Gasteiger partial charge in [-0.05, 0) is 18.6 Å². The molecule has 1 unspecified atom stereocenters. The predicted molar refractivity (Wildman–Crippen MR) is 60.4 cm³/mol. The van der Waals surface area contributed by atoms with Crippen LogP contribution in [0.2, 0.25) is 0 Å². The second kappa shape index (κ2) is 6.14. The number of nitrogens with two attached hydrogens (primary N) is 1. The van der Waals surface area contributed by atoms with Gasteiger partial charge in [0, 0.05) is 18.7 Å². The van der Waals surface area contributed by atoms with Gasteiger partial charge in [0.25, 0.3) is 0 Å². The molecule has 0 spiro atoms. The Kier molecular flexibility index (Phi) is 4.77. The van der Waals surface area contributed by atoms with Gasteiger partial charge < -0.3 is 11.1 Å². The summed E-state index contributed by atoms with van der Waals surface area (Å²) in [6.45, 7) is 2.05. The summed E-state index contributed by atoms with van der Waals surface area (Å²) in [7, 11) is 0. The maximum Gasteiger partial charge on any atom is 0.227 e. The number of pyridine rings is 1. The van der Waals surface area contributed by atoms with Gasteiger partial charge in [-0.1, -0.05) is 19.4 Å². The van der Waals surface area contributed by atoms with Crippen LogP contribution in [0.15, 0.2) is 24.4 Å². The van der Waals surface area contributed by atoms with Gasteiger partial charge in [0.05, 0.1) is 0 Å². The highest BCUT2D eigenvalue weighted by Crippen LogP contribution is 2.03. The number of rotatable bonds is 5. The lowest BCUT2D eigenvalue weighted by molar-refractivity contribution is -0.116. The third-order valence-electron chi connectivity index (χ3n) is 2.04. The minimum atomic E-state index is -0.0744. The van der Waals surface area contributed by atoms with E-state index in [4.69, 9.17) is 5.73 Å². The second-order valence-corrected chi connectivity index (χ2v) is 3.52. The number of carbonyl (C=O) groups excluding carboxylic acids is 1. The molecule has 0 aromatic carbocycles. The average Bonchev–Trinajstić information content (AvgIpc) is 2.19. The van der Waals surface area contributed by atoms with Crippen molar-refractivity contribution in [2.45, 2.75) is 32.2 Å². The summed E-state index contributed by atoms with van der Waals surface area (Å²) in [5.41, 5.74) is 5.76. The fourth-order valence-corrected chi connectivity index (χ4v) is 1.34. The van der Waals surface area contributed by atoms with Crippen molar-refractivity contribution < 1.29 is 4.79 Å². The van der Waals surface area contributed by atoms with Crippen LogP contribution >= 0.6 is 0 Å². The Labute approximate surface area is 89.9 Å². The van der Waals surface area contributed by atoms with Crippen molar-refractivity contribution in [2.75, 3.05) is 5.32 Å². The van der Waals surface area contributed by atoms with E-state index in [9.17, 15) is 4.79 Å². The van der Waals surface area contributed by atoms with E-state index in [2.05, 4.69) is 17.2 Å². The Balaban J connectivity index is 2.36. The maximum atomic E-state index is 11.5. The molecule has 0 aliphatic rings. The topological polar surface area (TPSA) is 68.0 Å². The summed E-state index contributed by atoms with van der Waals surface area (Å²) >= 11 is 0. The number of nitrogens with one attached hydrogen (secondary N) is 1. The summed E-state index contributed by atoms with van der Waals surface area (Å²) in [5.74, 6) is 0.501. The maximum absolute atomic E-state index is 11.5. The van der Waals surface area contributed by atoms with Crippen LogP contribution in [0.3, 0.4) is 0 Å². The van der Waals surface area contributed by atoms with E-state index in [-0.39, 0.29) is 11.9 Å². The summed E-state index contributed by atoms with van der Waals surface area (Å²) in [5, 5.41) is 2.70. The molecule has 1 aromatic heterocycles. The van der Waals surface area contributed by atoms with Gasteiger partial charge in [0.2, 0.25) is 5.91 Å². The molecule has 0 fully saturated rings. The monoisotopic (exact) mass is 207 g/mol. The molecule has 1 heterocycles. The quantitative estimate of drug-likeness (QED) is 0.769. The van der Waals surface area contributed by atoms with Gasteiger partial charge in [-0.25, -0.2) is 4.98 Å². The lowest BCUT2D eigenvalue weighted by Gasteiger charge is -2.09. The predicted octanol–water partition coefficient (Wildman–Crippen LogP) is 1.54. The fourth-order valence-electron chi connectivity index (χ4n) is 1.34. The van der Waals surface area contributed by atoms with E-state index in [1.54, 1.807) is 18.3 Å². The molecule has 1 aromatic rings. The lowest BCUT2D eigenvalue weighted by atomic mass is 10.1. The molecule has 0 radical (unpaired) electrons. The molecule has 1 rings (SSSR count). The Hall–Kier alpha value is -1.42. The lowest BCUT2D eigenvalue weighted by Crippen LogP contribution is -2.27. The van der Waals surface area contributed by atoms with E-state index in [0.717, 1.165) is 12.8 Å². The van der Waals surface area contributed by atoms with Crippen molar-refractivity contribution in [2.24, 2.45) is 5.73 Å². The molecule has 1 amide bonds. The van der Waals surface area contributed by atoms with Gasteiger partial charge in [0.1, 0.15) is 5.82 Å². The van der Waals surface area contributed by atoms with Crippen LogP contribution in [-0.4, -0.2) is 16.9 Å². The zero-order chi connectivity index (χ0) is 11.1. The van der Waals surface area contributed by atoms with Gasteiger partial charge in [-0.3, -0.25) is 4.79 Å². The standard InChI is InChI=1S/C11H17N3O/c1-2-5-9(12)8-11(15)14-10-6-3-4-7-13-10/h3-4,6-7,9H,2,5,8,12H2,1H3,(H,13,14,15). The molecule has 15 heavy (non-hydrogen) atoms. The van der Waals surface area contributed by atoms with Crippen LogP contribution in [0.5, 0.6) is 0 Å². The SMILES string of the molecule is CCCC(N)CC(=O)Nc1ccccn1. The van der Waals surface area contributed by atoms with Crippen LogP contribution in [0.25, 0.3) is 0 Å². The molecule has 0 aliphatic carbocycles. The largest absolute Gasteiger partial charge is 0.327 e. The minimum Gasteiger partial charge on any atom is -0.327 e. The summed E-state index contributed by atoms with van der Waals surface area (Å²) < 4.78 is 0. The number of amides is 1. The van der Waals surface area contributed by atoms with E-state index in [0.29, 0.717) is 12.2 Å². The van der Waals surface area contributed by atoms with Crippen molar-refractivity contribution in [3.8, 4) is 0 Å². The molecular weight excluding hydrogens is 190 g/mol. The van der Waals surface area contributed by atoms with Crippen molar-refractivity contribution >= 4 is 11.7 Å². The zero-order valence-electron chi connectivity index (χ0n) is 8.94. The van der Waals surface area contributed by atoms with Crippen LogP contribution in [0, 0.1) is 0 Å². The van der Waals surface area contributed by atoms with Crippen LogP contribution in [0.4, 0.5) is 5.82 Å². The van der Waals surface area contributed by atoms with Crippen molar-refractivity contribution in [3.05, 3.63) is 24.4 Å². The van der Waals surface area contributed by atoms with Crippen LogP contribution in [-0.2, 0) is 4.79 Å². The molecule has 4 nitrogen and oxygen atoms in total. The highest BCUT2D eigenvalue weighted by atomic mass is 16.1. The van der Waals surface area contributed by atoms with E-state index in [1.165, 1.54) is 0 Å². The molecule has 0 aliphatic heterocycles. The Morgan fingerprint density at radius 1 is 1.60 bits per heavy atom. The fraction of sp³-hybridized carbons (Fsp3) is 0.455. The summed E-state index contributed by atoms with van der Waals surface area (Å²) in [6, 6.07) is 5.33. The first-order valence-corrected chi connectivity index (χ1v) is 5.19. The van der Waals surface area contributed by atoms with Crippen LogP contribution in [0.1, 0.15) is 26.2 Å². The van der Waals surface area contributed by atoms with Crippen molar-refractivity contribution in [1.82, 2.24) is 4.98 Å². The van der Waals surface area contributed by atoms with E-state index in [1.807, 2.05) is 6.07 Å². The number of anilines is 1. The van der Waals surface area contributed by atoms with Gasteiger partial charge in [-0.2, -0.15) is 0 Å². The van der Waals surface area contributed by atoms with Crippen molar-refractivity contribution in [1.29, 1.82) is 0 Å². The summed E-state index contributed by atoms with van der Waals surface area (Å²) in [4.78, 5) is 15.5. The first-order chi connectivity index (χ1) is 7.22. The molecule has 4 heteroatoms. The highest BCUT2D eigenvalue weighted by molar-refractivity contribution is 5.90. The van der Waals surface area contributed by atoms with Gasteiger partial charge in [-0.15, -0.1) is 0 Å². The number of nitrogens with zero attached hydrogens (tertiary/aromatic N) is 1. The molecule has 1 atom stereocenters. The zero-order valence-corrected chi connectivity index (χ0v) is 8.94. The Morgan fingerprint density at radius 3 is 3.00 bits per heavy atom. The van der Waals surface area contributed by atoms with Gasteiger partial charge in [0.15, 0.2) is 0 Å². The number of hydrogen-bond acceptors (Lipinski definition) is 3. The second-order valence-electron chi connectivity index (χ2n) is 3.52. The first kappa shape index (κ1) is 11.7. The first-order valence-electron chi connectivity index (χ1n) is 5.19. The third-order valence-corrected chi connectivity index (χ3v) is 2.04. The number of aromatic nitrogens is 1. The third kappa shape index (κ3) is 4.56. The Morgan fingerprint density at radius 2 is 2.40 bits per heavy atom. The van der Waals surface area contributed by atoms with Crippen LogP contribution < -0.4 is 11.1 Å². The molecule has 0 bridgehead atoms. The smallest absolute Gasteiger partial charge is 0.227 e. The molecular formula is C11H17N3O. The van der Waals surface area contributed by atoms with Crippen molar-refractivity contribution in [3.63, 3.8) is 0 Å². The summed E-state index contributed by atoms with van der Waals surface area (Å²) in [6.07, 6.45) is 3.86. The number of hydrogen-bond donors (Lipinski definition) is 2. The molecule has 3 N–H and O–H groups in total. The molecule has 0 saturated carbocycles. The van der Waals surface area contributed by atoms with E-state index < -0.39 is 0 Å². The highest BCUT2D eigenvalue weighted by Gasteiger charge is 2.08. The Bertz CT molecular complexity index is 300.